The molecule has 1 amide bonds. The van der Waals surface area contributed by atoms with Crippen molar-refractivity contribution in [2.24, 2.45) is 5.41 Å². The first kappa shape index (κ1) is 14.0. The molecule has 0 heterocycles. The summed E-state index contributed by atoms with van der Waals surface area (Å²) in [5.74, 6) is -2.34. The summed E-state index contributed by atoms with van der Waals surface area (Å²) in [6, 6.07) is 3.55. The summed E-state index contributed by atoms with van der Waals surface area (Å²) >= 11 is 0. The highest BCUT2D eigenvalue weighted by Gasteiger charge is 2.36. The molecule has 0 spiro atoms. The number of carbonyl (C=O) groups excluding carboxylic acids is 1. The van der Waals surface area contributed by atoms with Crippen molar-refractivity contribution in [3.63, 3.8) is 0 Å². The second kappa shape index (κ2) is 5.03. The Hall–Kier alpha value is -2.11. The number of carbonyl (C=O) groups is 2. The minimum Gasteiger partial charge on any atom is -0.494 e. The van der Waals surface area contributed by atoms with Gasteiger partial charge in [0.15, 0.2) is 0 Å². The molecule has 1 aromatic carbocycles. The zero-order valence-electron chi connectivity index (χ0n) is 10.3. The van der Waals surface area contributed by atoms with E-state index in [4.69, 9.17) is 9.84 Å². The van der Waals surface area contributed by atoms with Crippen LogP contribution >= 0.6 is 0 Å². The third kappa shape index (κ3) is 2.77. The first-order valence-corrected chi connectivity index (χ1v) is 5.17. The first-order valence-electron chi connectivity index (χ1n) is 5.17. The molecule has 5 nitrogen and oxygen atoms in total. The number of benzene rings is 1. The Labute approximate surface area is 104 Å². The van der Waals surface area contributed by atoms with Gasteiger partial charge >= 0.3 is 5.97 Å². The van der Waals surface area contributed by atoms with Gasteiger partial charge in [-0.3, -0.25) is 9.59 Å². The number of carboxylic acid groups (broad SMARTS) is 1. The second-order valence-corrected chi connectivity index (χ2v) is 4.23. The maximum absolute atomic E-state index is 12.9. The van der Waals surface area contributed by atoms with Gasteiger partial charge in [-0.1, -0.05) is 0 Å². The van der Waals surface area contributed by atoms with E-state index in [9.17, 15) is 14.0 Å². The van der Waals surface area contributed by atoms with Crippen LogP contribution in [0, 0.1) is 11.2 Å². The normalized spacial score (nSPS) is 10.9. The zero-order valence-corrected chi connectivity index (χ0v) is 10.3. The van der Waals surface area contributed by atoms with Gasteiger partial charge < -0.3 is 15.2 Å². The molecule has 1 aromatic rings. The Morgan fingerprint density at radius 2 is 2.00 bits per heavy atom. The molecule has 0 saturated heterocycles. The molecule has 0 aliphatic carbocycles. The van der Waals surface area contributed by atoms with E-state index in [2.05, 4.69) is 5.32 Å². The lowest BCUT2D eigenvalue weighted by Gasteiger charge is -2.19. The molecule has 1 rings (SSSR count). The van der Waals surface area contributed by atoms with Crippen LogP contribution in [0.1, 0.15) is 13.8 Å². The highest BCUT2D eigenvalue weighted by Crippen LogP contribution is 2.27. The van der Waals surface area contributed by atoms with E-state index in [1.54, 1.807) is 0 Å². The van der Waals surface area contributed by atoms with Gasteiger partial charge in [-0.15, -0.1) is 0 Å². The number of hydrogen-bond donors (Lipinski definition) is 2. The minimum atomic E-state index is -1.58. The Kier molecular flexibility index (Phi) is 3.90. The monoisotopic (exact) mass is 255 g/mol. The molecule has 0 aliphatic rings. The molecule has 0 saturated carbocycles. The van der Waals surface area contributed by atoms with Crippen molar-refractivity contribution in [2.45, 2.75) is 13.8 Å². The predicted octanol–water partition coefficient (Wildman–Crippen LogP) is 1.88. The van der Waals surface area contributed by atoms with Crippen molar-refractivity contribution < 1.29 is 23.8 Å². The molecular formula is C12H14FNO4. The molecule has 6 heteroatoms. The lowest BCUT2D eigenvalue weighted by molar-refractivity contribution is -0.151. The van der Waals surface area contributed by atoms with Gasteiger partial charge in [0.1, 0.15) is 17.0 Å². The molecule has 0 radical (unpaired) electrons. The number of halogens is 1. The van der Waals surface area contributed by atoms with E-state index in [0.29, 0.717) is 0 Å². The van der Waals surface area contributed by atoms with Crippen molar-refractivity contribution in [1.82, 2.24) is 0 Å². The molecule has 18 heavy (non-hydrogen) atoms. The SMILES string of the molecule is COc1cc(F)ccc1NC(=O)C(C)(C)C(=O)O. The van der Waals surface area contributed by atoms with E-state index in [-0.39, 0.29) is 11.4 Å². The summed E-state index contributed by atoms with van der Waals surface area (Å²) in [5.41, 5.74) is -1.36. The number of carboxylic acids is 1. The number of hydrogen-bond acceptors (Lipinski definition) is 3. The van der Waals surface area contributed by atoms with Crippen molar-refractivity contribution >= 4 is 17.6 Å². The fourth-order valence-corrected chi connectivity index (χ4v) is 1.14. The van der Waals surface area contributed by atoms with Gasteiger partial charge in [-0.25, -0.2) is 4.39 Å². The summed E-state index contributed by atoms with van der Waals surface area (Å²) in [4.78, 5) is 22.7. The largest absolute Gasteiger partial charge is 0.494 e. The Bertz CT molecular complexity index is 485. The molecule has 0 unspecified atom stereocenters. The van der Waals surface area contributed by atoms with Crippen LogP contribution in [0.25, 0.3) is 0 Å². The van der Waals surface area contributed by atoms with Crippen LogP contribution in [0.15, 0.2) is 18.2 Å². The minimum absolute atomic E-state index is 0.129. The molecule has 0 atom stereocenters. The number of methoxy groups -OCH3 is 1. The van der Waals surface area contributed by atoms with E-state index >= 15 is 0 Å². The summed E-state index contributed by atoms with van der Waals surface area (Å²) in [6.45, 7) is 2.56. The smallest absolute Gasteiger partial charge is 0.318 e. The quantitative estimate of drug-likeness (QED) is 0.805. The lowest BCUT2D eigenvalue weighted by Crippen LogP contribution is -2.37. The standard InChI is InChI=1S/C12H14FNO4/c1-12(2,11(16)17)10(15)14-8-5-4-7(13)6-9(8)18-3/h4-6H,1-3H3,(H,14,15)(H,16,17). The zero-order chi connectivity index (χ0) is 13.9. The van der Waals surface area contributed by atoms with Gasteiger partial charge in [-0.05, 0) is 26.0 Å². The van der Waals surface area contributed by atoms with Crippen LogP contribution < -0.4 is 10.1 Å². The highest BCUT2D eigenvalue weighted by atomic mass is 19.1. The lowest BCUT2D eigenvalue weighted by atomic mass is 9.92. The van der Waals surface area contributed by atoms with E-state index in [1.165, 1.54) is 27.0 Å². The van der Waals surface area contributed by atoms with Crippen molar-refractivity contribution in [3.05, 3.63) is 24.0 Å². The summed E-state index contributed by atoms with van der Waals surface area (Å²) in [5, 5.41) is 11.3. The third-order valence-electron chi connectivity index (χ3n) is 2.51. The number of anilines is 1. The van der Waals surface area contributed by atoms with Crippen LogP contribution in [0.4, 0.5) is 10.1 Å². The molecule has 98 valence electrons. The third-order valence-corrected chi connectivity index (χ3v) is 2.51. The molecular weight excluding hydrogens is 241 g/mol. The maximum atomic E-state index is 12.9. The fourth-order valence-electron chi connectivity index (χ4n) is 1.14. The first-order chi connectivity index (χ1) is 8.28. The van der Waals surface area contributed by atoms with Crippen molar-refractivity contribution in [3.8, 4) is 5.75 Å². The number of amides is 1. The average Bonchev–Trinajstić information content (AvgIpc) is 2.30. The van der Waals surface area contributed by atoms with Gasteiger partial charge in [0.05, 0.1) is 12.8 Å². The van der Waals surface area contributed by atoms with E-state index in [0.717, 1.165) is 12.1 Å². The van der Waals surface area contributed by atoms with E-state index in [1.807, 2.05) is 0 Å². The molecule has 0 aliphatic heterocycles. The Balaban J connectivity index is 2.98. The second-order valence-electron chi connectivity index (χ2n) is 4.23. The number of rotatable bonds is 4. The summed E-state index contributed by atoms with van der Waals surface area (Å²) < 4.78 is 17.8. The van der Waals surface area contributed by atoms with Gasteiger partial charge in [0.2, 0.25) is 5.91 Å². The number of ether oxygens (including phenoxy) is 1. The molecule has 0 fully saturated rings. The molecule has 0 aromatic heterocycles. The number of nitrogens with one attached hydrogen (secondary N) is 1. The Morgan fingerprint density at radius 1 is 1.39 bits per heavy atom. The molecule has 0 bridgehead atoms. The van der Waals surface area contributed by atoms with Crippen molar-refractivity contribution in [1.29, 1.82) is 0 Å². The van der Waals surface area contributed by atoms with Crippen LogP contribution in [0.2, 0.25) is 0 Å². The summed E-state index contributed by atoms with van der Waals surface area (Å²) in [6.07, 6.45) is 0. The highest BCUT2D eigenvalue weighted by molar-refractivity contribution is 6.08. The topological polar surface area (TPSA) is 75.6 Å². The van der Waals surface area contributed by atoms with Crippen LogP contribution in [-0.4, -0.2) is 24.1 Å². The van der Waals surface area contributed by atoms with Crippen molar-refractivity contribution in [2.75, 3.05) is 12.4 Å². The van der Waals surface area contributed by atoms with Gasteiger partial charge in [0.25, 0.3) is 0 Å². The van der Waals surface area contributed by atoms with Crippen LogP contribution in [0.5, 0.6) is 5.75 Å². The van der Waals surface area contributed by atoms with Crippen LogP contribution in [-0.2, 0) is 9.59 Å². The molecule has 2 N–H and O–H groups in total. The fraction of sp³-hybridized carbons (Fsp3) is 0.333. The average molecular weight is 255 g/mol. The summed E-state index contributed by atoms with van der Waals surface area (Å²) in [7, 11) is 1.33. The number of aliphatic carboxylic acids is 1. The van der Waals surface area contributed by atoms with E-state index < -0.39 is 23.1 Å². The van der Waals surface area contributed by atoms with Gasteiger partial charge in [-0.2, -0.15) is 0 Å². The van der Waals surface area contributed by atoms with Crippen LogP contribution in [0.3, 0.4) is 0 Å². The Morgan fingerprint density at radius 3 is 2.50 bits per heavy atom. The predicted molar refractivity (Wildman–Crippen MR) is 63.0 cm³/mol. The van der Waals surface area contributed by atoms with Gasteiger partial charge in [0, 0.05) is 6.07 Å². The maximum Gasteiger partial charge on any atom is 0.318 e.